The van der Waals surface area contributed by atoms with E-state index in [1.807, 2.05) is 6.20 Å². The van der Waals surface area contributed by atoms with Gasteiger partial charge in [-0.15, -0.1) is 11.3 Å². The average Bonchev–Trinajstić information content (AvgIpc) is 2.94. The maximum Gasteiger partial charge on any atom is 0.191 e. The van der Waals surface area contributed by atoms with E-state index in [0.29, 0.717) is 0 Å². The summed E-state index contributed by atoms with van der Waals surface area (Å²) in [5.41, 5.74) is 0. The van der Waals surface area contributed by atoms with Gasteiger partial charge in [-0.05, 0) is 13.8 Å². The predicted octanol–water partition coefficient (Wildman–Crippen LogP) is 0.881. The first-order chi connectivity index (χ1) is 10.8. The second-order valence-electron chi connectivity index (χ2n) is 5.26. The molecule has 0 amide bonds. The molecule has 2 heterocycles. The second-order valence-corrected chi connectivity index (χ2v) is 6.58. The van der Waals surface area contributed by atoms with E-state index in [1.165, 1.54) is 9.88 Å². The van der Waals surface area contributed by atoms with Crippen molar-refractivity contribution in [3.63, 3.8) is 0 Å². The Morgan fingerprint density at radius 3 is 2.91 bits per heavy atom. The van der Waals surface area contributed by atoms with E-state index < -0.39 is 0 Å². The fraction of sp³-hybridized carbons (Fsp3) is 0.733. The van der Waals surface area contributed by atoms with Gasteiger partial charge in [-0.25, -0.2) is 4.98 Å². The Balaban J connectivity index is 1.69. The largest absolute Gasteiger partial charge is 0.379 e. The minimum absolute atomic E-state index is 0.811. The molecule has 0 aromatic carbocycles. The Hall–Kier alpha value is -1.18. The summed E-state index contributed by atoms with van der Waals surface area (Å²) in [6.07, 6.45) is 2.87. The second kappa shape index (κ2) is 9.76. The molecule has 0 spiro atoms. The maximum atomic E-state index is 5.36. The number of aromatic nitrogens is 1. The number of hydrogen-bond acceptors (Lipinski definition) is 5. The van der Waals surface area contributed by atoms with Crippen LogP contribution in [0.3, 0.4) is 0 Å². The molecule has 0 atom stereocenters. The van der Waals surface area contributed by atoms with Crippen LogP contribution in [0, 0.1) is 6.92 Å². The highest BCUT2D eigenvalue weighted by Gasteiger charge is 2.09. The van der Waals surface area contributed by atoms with Crippen LogP contribution in [-0.4, -0.2) is 68.3 Å². The van der Waals surface area contributed by atoms with Crippen molar-refractivity contribution in [3.05, 3.63) is 16.1 Å². The minimum Gasteiger partial charge on any atom is -0.379 e. The molecule has 0 radical (unpaired) electrons. The molecular weight excluding hydrogens is 298 g/mol. The van der Waals surface area contributed by atoms with Crippen molar-refractivity contribution in [3.8, 4) is 0 Å². The first kappa shape index (κ1) is 17.2. The van der Waals surface area contributed by atoms with Crippen LogP contribution in [0.15, 0.2) is 11.2 Å². The number of aliphatic imine (C=N–C) groups is 1. The van der Waals surface area contributed by atoms with E-state index in [-0.39, 0.29) is 0 Å². The van der Waals surface area contributed by atoms with Gasteiger partial charge in [0.15, 0.2) is 5.96 Å². The molecule has 2 N–H and O–H groups in total. The van der Waals surface area contributed by atoms with Crippen molar-refractivity contribution in [2.75, 3.05) is 52.5 Å². The number of thiazole rings is 1. The number of rotatable bonds is 7. The first-order valence-electron chi connectivity index (χ1n) is 8.01. The number of nitrogens with zero attached hydrogens (tertiary/aromatic N) is 3. The van der Waals surface area contributed by atoms with E-state index in [9.17, 15) is 0 Å². The quantitative estimate of drug-likeness (QED) is 0.576. The first-order valence-corrected chi connectivity index (χ1v) is 8.83. The number of morpholine rings is 1. The molecule has 1 aliphatic heterocycles. The lowest BCUT2D eigenvalue weighted by atomic mass is 10.4. The molecule has 22 heavy (non-hydrogen) atoms. The molecule has 124 valence electrons. The summed E-state index contributed by atoms with van der Waals surface area (Å²) in [4.78, 5) is 12.7. The molecule has 0 bridgehead atoms. The molecule has 0 unspecified atom stereocenters. The smallest absolute Gasteiger partial charge is 0.191 e. The third-order valence-corrected chi connectivity index (χ3v) is 4.41. The van der Waals surface area contributed by atoms with Crippen LogP contribution in [0.2, 0.25) is 0 Å². The van der Waals surface area contributed by atoms with Gasteiger partial charge in [0.2, 0.25) is 0 Å². The maximum absolute atomic E-state index is 5.36. The van der Waals surface area contributed by atoms with Crippen LogP contribution in [0.25, 0.3) is 0 Å². The SMILES string of the molecule is CCNC(=NCCN1CCOCC1)NCCc1ncc(C)s1. The number of ether oxygens (including phenoxy) is 1. The van der Waals surface area contributed by atoms with Gasteiger partial charge in [0.25, 0.3) is 0 Å². The minimum atomic E-state index is 0.811. The lowest BCUT2D eigenvalue weighted by molar-refractivity contribution is 0.0394. The Morgan fingerprint density at radius 2 is 2.23 bits per heavy atom. The predicted molar refractivity (Wildman–Crippen MR) is 91.8 cm³/mol. The van der Waals surface area contributed by atoms with Crippen molar-refractivity contribution in [1.82, 2.24) is 20.5 Å². The summed E-state index contributed by atoms with van der Waals surface area (Å²) >= 11 is 1.76. The molecule has 0 aliphatic carbocycles. The van der Waals surface area contributed by atoms with Gasteiger partial charge in [0, 0.05) is 50.2 Å². The fourth-order valence-corrected chi connectivity index (χ4v) is 3.06. The van der Waals surface area contributed by atoms with Crippen LogP contribution in [0.1, 0.15) is 16.8 Å². The molecule has 1 aromatic heterocycles. The third kappa shape index (κ3) is 6.29. The zero-order chi connectivity index (χ0) is 15.6. The van der Waals surface area contributed by atoms with Crippen LogP contribution >= 0.6 is 11.3 Å². The molecular formula is C15H27N5OS. The van der Waals surface area contributed by atoms with Crippen molar-refractivity contribution in [2.45, 2.75) is 20.3 Å². The van der Waals surface area contributed by atoms with Crippen molar-refractivity contribution < 1.29 is 4.74 Å². The lowest BCUT2D eigenvalue weighted by Crippen LogP contribution is -2.40. The van der Waals surface area contributed by atoms with Gasteiger partial charge in [0.05, 0.1) is 24.8 Å². The summed E-state index contributed by atoms with van der Waals surface area (Å²) in [5, 5.41) is 7.84. The van der Waals surface area contributed by atoms with E-state index in [1.54, 1.807) is 11.3 Å². The standard InChI is InChI=1S/C15H27N5OS/c1-3-16-15(17-5-4-14-19-12-13(2)22-14)18-6-7-20-8-10-21-11-9-20/h12H,3-11H2,1-2H3,(H2,16,17,18). The van der Waals surface area contributed by atoms with Gasteiger partial charge in [-0.1, -0.05) is 0 Å². The molecule has 6 nitrogen and oxygen atoms in total. The Labute approximate surface area is 137 Å². The topological polar surface area (TPSA) is 61.8 Å². The molecule has 2 rings (SSSR count). The van der Waals surface area contributed by atoms with Gasteiger partial charge < -0.3 is 15.4 Å². The van der Waals surface area contributed by atoms with Crippen molar-refractivity contribution >= 4 is 17.3 Å². The van der Waals surface area contributed by atoms with Crippen molar-refractivity contribution in [1.29, 1.82) is 0 Å². The van der Waals surface area contributed by atoms with Crippen LogP contribution in [-0.2, 0) is 11.2 Å². The highest BCUT2D eigenvalue weighted by molar-refractivity contribution is 7.11. The highest BCUT2D eigenvalue weighted by Crippen LogP contribution is 2.10. The number of hydrogen-bond donors (Lipinski definition) is 2. The molecule has 0 saturated carbocycles. The molecule has 1 saturated heterocycles. The van der Waals surface area contributed by atoms with E-state index in [4.69, 9.17) is 4.74 Å². The monoisotopic (exact) mass is 325 g/mol. The Kier molecular flexibility index (Phi) is 7.62. The third-order valence-electron chi connectivity index (χ3n) is 3.43. The van der Waals surface area contributed by atoms with Gasteiger partial charge in [0.1, 0.15) is 0 Å². The number of aryl methyl sites for hydroxylation is 1. The number of nitrogens with one attached hydrogen (secondary N) is 2. The Morgan fingerprint density at radius 1 is 1.41 bits per heavy atom. The van der Waals surface area contributed by atoms with E-state index >= 15 is 0 Å². The number of guanidine groups is 1. The van der Waals surface area contributed by atoms with Gasteiger partial charge in [-0.2, -0.15) is 0 Å². The molecule has 7 heteroatoms. The highest BCUT2D eigenvalue weighted by atomic mass is 32.1. The van der Waals surface area contributed by atoms with Crippen LogP contribution in [0.5, 0.6) is 0 Å². The summed E-state index contributed by atoms with van der Waals surface area (Å²) in [6, 6.07) is 0. The zero-order valence-corrected chi connectivity index (χ0v) is 14.4. The molecule has 1 aliphatic rings. The zero-order valence-electron chi connectivity index (χ0n) is 13.6. The van der Waals surface area contributed by atoms with Gasteiger partial charge in [-0.3, -0.25) is 9.89 Å². The van der Waals surface area contributed by atoms with E-state index in [2.05, 4.69) is 39.4 Å². The molecule has 1 aromatic rings. The van der Waals surface area contributed by atoms with E-state index in [0.717, 1.165) is 64.9 Å². The van der Waals surface area contributed by atoms with Crippen LogP contribution in [0.4, 0.5) is 0 Å². The summed E-state index contributed by atoms with van der Waals surface area (Å²) in [5.74, 6) is 0.893. The van der Waals surface area contributed by atoms with Crippen LogP contribution < -0.4 is 10.6 Å². The van der Waals surface area contributed by atoms with Crippen molar-refractivity contribution in [2.24, 2.45) is 4.99 Å². The molecule has 1 fully saturated rings. The summed E-state index contributed by atoms with van der Waals surface area (Å²) < 4.78 is 5.36. The Bertz CT molecular complexity index is 457. The summed E-state index contributed by atoms with van der Waals surface area (Å²) in [6.45, 7) is 11.4. The van der Waals surface area contributed by atoms with Gasteiger partial charge >= 0.3 is 0 Å². The average molecular weight is 325 g/mol. The summed E-state index contributed by atoms with van der Waals surface area (Å²) in [7, 11) is 0. The fourth-order valence-electron chi connectivity index (χ4n) is 2.27. The normalized spacial score (nSPS) is 16.7. The lowest BCUT2D eigenvalue weighted by Gasteiger charge is -2.25.